The zero-order valence-corrected chi connectivity index (χ0v) is 34.0. The molecule has 0 saturated carbocycles. The van der Waals surface area contributed by atoms with Crippen molar-refractivity contribution in [1.29, 1.82) is 0 Å². The quantitative estimate of drug-likeness (QED) is 0.178. The lowest BCUT2D eigenvalue weighted by Gasteiger charge is -2.49. The maximum atomic E-state index is 5.27. The Morgan fingerprint density at radius 2 is 0.790 bits per heavy atom. The van der Waals surface area contributed by atoms with Gasteiger partial charge in [-0.15, -0.1) is 0 Å². The minimum Gasteiger partial charge on any atom is -0.208 e. The molecule has 0 fully saturated rings. The Labute approximate surface area is 361 Å². The van der Waals surface area contributed by atoms with Crippen LogP contribution in [0.4, 0.5) is 0 Å². The smallest absolute Gasteiger partial charge is 0.164 e. The average molecular weight is 790 g/mol. The SMILES string of the molecule is C1=CC2=C(CC1)C1(c3ccccc32)c2ccccc2C2(c3ccccc3-c3cc(-c4nc(-c5ccccc5)nc(-c5cccc(-c6ccccc6)c5)n4)ccc32)c2ccccc21. The minimum atomic E-state index is -0.539. The molecule has 13 rings (SSSR count). The van der Waals surface area contributed by atoms with Gasteiger partial charge < -0.3 is 0 Å². The third-order valence-corrected chi connectivity index (χ3v) is 13.9. The average Bonchev–Trinajstić information content (AvgIpc) is 3.82. The first-order valence-electron chi connectivity index (χ1n) is 21.7. The number of allylic oxidation sites excluding steroid dienone is 4. The van der Waals surface area contributed by atoms with E-state index < -0.39 is 5.41 Å². The minimum absolute atomic E-state index is 0.389. The van der Waals surface area contributed by atoms with Crippen molar-refractivity contribution >= 4 is 5.57 Å². The molecule has 0 unspecified atom stereocenters. The van der Waals surface area contributed by atoms with Crippen molar-refractivity contribution < 1.29 is 0 Å². The molecular weight excluding hydrogens is 751 g/mol. The van der Waals surface area contributed by atoms with Crippen LogP contribution in [0.25, 0.3) is 62.0 Å². The van der Waals surface area contributed by atoms with E-state index in [0.717, 1.165) is 40.7 Å². The van der Waals surface area contributed by atoms with Gasteiger partial charge in [-0.1, -0.05) is 200 Å². The Morgan fingerprint density at radius 3 is 1.45 bits per heavy atom. The predicted molar refractivity (Wildman–Crippen MR) is 250 cm³/mol. The fraction of sp³-hybridized carbons (Fsp3) is 0.0678. The molecule has 9 aromatic rings. The lowest BCUT2D eigenvalue weighted by atomic mass is 9.51. The van der Waals surface area contributed by atoms with Crippen LogP contribution in [0.5, 0.6) is 0 Å². The topological polar surface area (TPSA) is 38.7 Å². The van der Waals surface area contributed by atoms with Crippen molar-refractivity contribution in [1.82, 2.24) is 15.0 Å². The van der Waals surface area contributed by atoms with E-state index in [9.17, 15) is 0 Å². The molecule has 3 heteroatoms. The largest absolute Gasteiger partial charge is 0.208 e. The van der Waals surface area contributed by atoms with E-state index in [-0.39, 0.29) is 5.41 Å². The van der Waals surface area contributed by atoms with Gasteiger partial charge in [0.1, 0.15) is 0 Å². The van der Waals surface area contributed by atoms with Gasteiger partial charge in [-0.3, -0.25) is 0 Å². The Bertz CT molecular complexity index is 3310. The van der Waals surface area contributed by atoms with E-state index >= 15 is 0 Å². The first-order chi connectivity index (χ1) is 30.7. The molecule has 0 atom stereocenters. The molecular formula is C59H39N3. The molecule has 0 amide bonds. The van der Waals surface area contributed by atoms with Gasteiger partial charge in [0.25, 0.3) is 0 Å². The van der Waals surface area contributed by atoms with Gasteiger partial charge in [-0.25, -0.2) is 15.0 Å². The third-order valence-electron chi connectivity index (χ3n) is 13.9. The molecule has 290 valence electrons. The van der Waals surface area contributed by atoms with Crippen molar-refractivity contribution in [2.45, 2.75) is 23.7 Å². The number of nitrogens with zero attached hydrogens (tertiary/aromatic N) is 3. The number of aromatic nitrogens is 3. The standard InChI is InChI=1S/C59H39N3/c1-3-18-38(19-4-1)40-22-17-23-41(36-40)56-60-55(39-20-5-2-6-21-39)61-57(62-56)42-34-35-50-46(37-42)45-26-9-12-29-49(45)59(50)53-32-15-13-30-51(53)58(52-31-14-16-33-54(52)59)47-27-10-7-24-43(47)44-25-8-11-28-48(44)58/h1-10,12-27,29-37H,11,28H2. The molecule has 3 nitrogen and oxygen atoms in total. The lowest BCUT2D eigenvalue weighted by molar-refractivity contribution is 0.605. The summed E-state index contributed by atoms with van der Waals surface area (Å²) in [5, 5.41) is 0. The Kier molecular flexibility index (Phi) is 7.56. The van der Waals surface area contributed by atoms with Crippen molar-refractivity contribution in [2.24, 2.45) is 0 Å². The summed E-state index contributed by atoms with van der Waals surface area (Å²) in [7, 11) is 0. The van der Waals surface area contributed by atoms with Gasteiger partial charge in [0, 0.05) is 16.7 Å². The summed E-state index contributed by atoms with van der Waals surface area (Å²) in [4.78, 5) is 15.6. The second-order valence-electron chi connectivity index (χ2n) is 16.9. The highest BCUT2D eigenvalue weighted by atomic mass is 15.0. The summed E-state index contributed by atoms with van der Waals surface area (Å²) >= 11 is 0. The first kappa shape index (κ1) is 35.0. The number of hydrogen-bond acceptors (Lipinski definition) is 3. The summed E-state index contributed by atoms with van der Waals surface area (Å²) in [6.45, 7) is 0. The fourth-order valence-electron chi connectivity index (χ4n) is 11.5. The normalized spacial score (nSPS) is 18.5. The highest BCUT2D eigenvalue weighted by molar-refractivity contribution is 5.96. The first-order valence-corrected chi connectivity index (χ1v) is 21.7. The maximum Gasteiger partial charge on any atom is 0.164 e. The number of rotatable bonds is 4. The van der Waals surface area contributed by atoms with Crippen LogP contribution in [-0.2, 0) is 10.8 Å². The molecule has 0 bridgehead atoms. The van der Waals surface area contributed by atoms with Crippen molar-refractivity contribution in [3.8, 4) is 56.4 Å². The zero-order chi connectivity index (χ0) is 40.8. The number of benzene rings is 8. The van der Waals surface area contributed by atoms with E-state index in [1.807, 2.05) is 24.3 Å². The van der Waals surface area contributed by atoms with E-state index in [4.69, 9.17) is 15.0 Å². The Morgan fingerprint density at radius 1 is 0.323 bits per heavy atom. The molecule has 0 aliphatic heterocycles. The van der Waals surface area contributed by atoms with E-state index in [2.05, 4.69) is 188 Å². The zero-order valence-electron chi connectivity index (χ0n) is 34.0. The van der Waals surface area contributed by atoms with Crippen LogP contribution in [0.2, 0.25) is 0 Å². The van der Waals surface area contributed by atoms with Crippen molar-refractivity contribution in [3.05, 3.63) is 262 Å². The summed E-state index contributed by atoms with van der Waals surface area (Å²) in [5.74, 6) is 1.94. The lowest BCUT2D eigenvalue weighted by Crippen LogP contribution is -2.44. The van der Waals surface area contributed by atoms with E-state index in [1.165, 1.54) is 66.8 Å². The molecule has 0 saturated heterocycles. The van der Waals surface area contributed by atoms with Gasteiger partial charge in [0.2, 0.25) is 0 Å². The summed E-state index contributed by atoms with van der Waals surface area (Å²) in [6, 6.07) is 73.1. The summed E-state index contributed by atoms with van der Waals surface area (Å²) in [6.07, 6.45) is 6.82. The summed E-state index contributed by atoms with van der Waals surface area (Å²) in [5.41, 5.74) is 20.4. The van der Waals surface area contributed by atoms with Gasteiger partial charge in [0.15, 0.2) is 17.5 Å². The second-order valence-corrected chi connectivity index (χ2v) is 16.9. The van der Waals surface area contributed by atoms with E-state index in [0.29, 0.717) is 17.5 Å². The van der Waals surface area contributed by atoms with Gasteiger partial charge in [-0.05, 0) is 103 Å². The summed E-state index contributed by atoms with van der Waals surface area (Å²) < 4.78 is 0. The molecule has 1 aromatic heterocycles. The highest BCUT2D eigenvalue weighted by Crippen LogP contribution is 2.67. The van der Waals surface area contributed by atoms with Crippen LogP contribution in [0, 0.1) is 0 Å². The van der Waals surface area contributed by atoms with Crippen LogP contribution >= 0.6 is 0 Å². The fourth-order valence-corrected chi connectivity index (χ4v) is 11.5. The van der Waals surface area contributed by atoms with Crippen LogP contribution in [0.1, 0.15) is 57.3 Å². The molecule has 4 aliphatic carbocycles. The Balaban J connectivity index is 1.04. The van der Waals surface area contributed by atoms with Crippen LogP contribution in [0.15, 0.2) is 218 Å². The van der Waals surface area contributed by atoms with Crippen molar-refractivity contribution in [2.75, 3.05) is 0 Å². The molecule has 2 spiro atoms. The maximum absolute atomic E-state index is 5.27. The van der Waals surface area contributed by atoms with Crippen LogP contribution < -0.4 is 0 Å². The molecule has 0 N–H and O–H groups in total. The van der Waals surface area contributed by atoms with Crippen molar-refractivity contribution in [3.63, 3.8) is 0 Å². The van der Waals surface area contributed by atoms with E-state index in [1.54, 1.807) is 0 Å². The molecule has 0 radical (unpaired) electrons. The van der Waals surface area contributed by atoms with Crippen LogP contribution in [0.3, 0.4) is 0 Å². The number of fused-ring (bicyclic) bond motifs is 15. The molecule has 4 aliphatic rings. The third kappa shape index (κ3) is 4.73. The highest BCUT2D eigenvalue weighted by Gasteiger charge is 2.59. The van der Waals surface area contributed by atoms with Crippen LogP contribution in [-0.4, -0.2) is 15.0 Å². The second kappa shape index (κ2) is 13.4. The van der Waals surface area contributed by atoms with Gasteiger partial charge in [0.05, 0.1) is 10.8 Å². The van der Waals surface area contributed by atoms with Gasteiger partial charge >= 0.3 is 0 Å². The number of hydrogen-bond donors (Lipinski definition) is 0. The predicted octanol–water partition coefficient (Wildman–Crippen LogP) is 13.7. The monoisotopic (exact) mass is 789 g/mol. The molecule has 1 heterocycles. The molecule has 8 aromatic carbocycles. The van der Waals surface area contributed by atoms with Gasteiger partial charge in [-0.2, -0.15) is 0 Å². The Hall–Kier alpha value is -7.75. The molecule has 62 heavy (non-hydrogen) atoms.